The van der Waals surface area contributed by atoms with Crippen LogP contribution in [0.5, 0.6) is 0 Å². The van der Waals surface area contributed by atoms with Crippen molar-refractivity contribution in [1.82, 2.24) is 10.2 Å². The molecule has 2 aromatic rings. The second-order valence-corrected chi connectivity index (χ2v) is 10.4. The summed E-state index contributed by atoms with van der Waals surface area (Å²) in [4.78, 5) is 26.8. The minimum absolute atomic E-state index is 0.0148. The molecule has 0 radical (unpaired) electrons. The number of nitrogens with zero attached hydrogens (tertiary/aromatic N) is 2. The highest BCUT2D eigenvalue weighted by atomic mass is 35.5. The van der Waals surface area contributed by atoms with Gasteiger partial charge in [-0.3, -0.25) is 13.9 Å². The summed E-state index contributed by atoms with van der Waals surface area (Å²) < 4.78 is 25.8. The monoisotopic (exact) mass is 539 g/mol. The number of sulfonamides is 1. The van der Waals surface area contributed by atoms with Gasteiger partial charge in [-0.25, -0.2) is 8.42 Å². The summed E-state index contributed by atoms with van der Waals surface area (Å²) in [7, 11) is -2.49. The highest BCUT2D eigenvalue weighted by Gasteiger charge is 2.31. The normalized spacial score (nSPS) is 12.2. The van der Waals surface area contributed by atoms with Gasteiger partial charge in [0.25, 0.3) is 0 Å². The first-order valence-electron chi connectivity index (χ1n) is 9.23. The van der Waals surface area contributed by atoms with Gasteiger partial charge in [-0.1, -0.05) is 58.5 Å². The smallest absolute Gasteiger partial charge is 0.244 e. The minimum Gasteiger partial charge on any atom is -0.357 e. The molecule has 174 valence electrons. The maximum atomic E-state index is 13.3. The first kappa shape index (κ1) is 26.5. The van der Waals surface area contributed by atoms with E-state index in [0.717, 1.165) is 10.6 Å². The lowest BCUT2D eigenvalue weighted by atomic mass is 10.1. The van der Waals surface area contributed by atoms with E-state index in [1.165, 1.54) is 43.1 Å². The predicted molar refractivity (Wildman–Crippen MR) is 129 cm³/mol. The maximum absolute atomic E-state index is 13.3. The number of likely N-dealkylation sites (N-methyl/N-ethyl adjacent to an activating group) is 1. The van der Waals surface area contributed by atoms with E-state index in [0.29, 0.717) is 15.6 Å². The highest BCUT2D eigenvalue weighted by molar-refractivity contribution is 7.92. The fourth-order valence-corrected chi connectivity index (χ4v) is 4.68. The van der Waals surface area contributed by atoms with Gasteiger partial charge in [-0.15, -0.1) is 0 Å². The quantitative estimate of drug-likeness (QED) is 0.542. The van der Waals surface area contributed by atoms with Crippen molar-refractivity contribution in [3.05, 3.63) is 62.1 Å². The van der Waals surface area contributed by atoms with Gasteiger partial charge in [-0.2, -0.15) is 0 Å². The zero-order chi connectivity index (χ0) is 24.2. The Morgan fingerprint density at radius 3 is 2.28 bits per heavy atom. The molecule has 1 N–H and O–H groups in total. The maximum Gasteiger partial charge on any atom is 0.244 e. The summed E-state index contributed by atoms with van der Waals surface area (Å²) in [6, 6.07) is 8.28. The molecule has 0 heterocycles. The Labute approximate surface area is 207 Å². The van der Waals surface area contributed by atoms with Crippen LogP contribution in [0.3, 0.4) is 0 Å². The molecule has 12 heteroatoms. The third-order valence-corrected chi connectivity index (χ3v) is 7.17. The van der Waals surface area contributed by atoms with Gasteiger partial charge in [-0.05, 0) is 36.8 Å². The van der Waals surface area contributed by atoms with E-state index < -0.39 is 34.4 Å². The molecule has 0 bridgehead atoms. The molecule has 0 saturated carbocycles. The highest BCUT2D eigenvalue weighted by Crippen LogP contribution is 2.34. The molecular formula is C20H21Cl4N3O4S. The van der Waals surface area contributed by atoms with Crippen LogP contribution in [-0.4, -0.2) is 51.0 Å². The molecule has 0 aromatic heterocycles. The summed E-state index contributed by atoms with van der Waals surface area (Å²) in [5.41, 5.74) is 0.582. The van der Waals surface area contributed by atoms with Gasteiger partial charge in [0.05, 0.1) is 22.0 Å². The summed E-state index contributed by atoms with van der Waals surface area (Å²) >= 11 is 24.4. The van der Waals surface area contributed by atoms with Crippen LogP contribution in [0.15, 0.2) is 36.4 Å². The van der Waals surface area contributed by atoms with E-state index >= 15 is 0 Å². The molecule has 2 amide bonds. The van der Waals surface area contributed by atoms with Gasteiger partial charge in [0.2, 0.25) is 21.8 Å². The summed E-state index contributed by atoms with van der Waals surface area (Å²) in [5, 5.41) is 3.32. The van der Waals surface area contributed by atoms with Crippen LogP contribution in [0.2, 0.25) is 20.1 Å². The van der Waals surface area contributed by atoms with Crippen molar-refractivity contribution in [2.24, 2.45) is 0 Å². The summed E-state index contributed by atoms with van der Waals surface area (Å²) in [6.07, 6.45) is 0.945. The molecule has 0 spiro atoms. The van der Waals surface area contributed by atoms with E-state index in [1.807, 2.05) is 0 Å². The average Bonchev–Trinajstić information content (AvgIpc) is 2.71. The standard InChI is InChI=1S/C20H21Cl4N3O4S/c1-12(20(29)25-2)26(10-13-7-8-14(21)9-16(13)23)18(28)11-27(32(3,30)31)17-6-4-5-15(22)19(17)24/h4-9,12H,10-11H2,1-3H3,(H,25,29)/t12-/m0/s1. The first-order valence-corrected chi connectivity index (χ1v) is 12.6. The van der Waals surface area contributed by atoms with Crippen LogP contribution in [0.1, 0.15) is 12.5 Å². The summed E-state index contributed by atoms with van der Waals surface area (Å²) in [5.74, 6) is -1.08. The molecule has 32 heavy (non-hydrogen) atoms. The largest absolute Gasteiger partial charge is 0.357 e. The van der Waals surface area contributed by atoms with Gasteiger partial charge in [0.1, 0.15) is 12.6 Å². The van der Waals surface area contributed by atoms with E-state index in [9.17, 15) is 18.0 Å². The van der Waals surface area contributed by atoms with Crippen LogP contribution < -0.4 is 9.62 Å². The number of halogens is 4. The minimum atomic E-state index is -3.93. The van der Waals surface area contributed by atoms with E-state index in [-0.39, 0.29) is 22.3 Å². The number of carbonyl (C=O) groups excluding carboxylic acids is 2. The van der Waals surface area contributed by atoms with E-state index in [4.69, 9.17) is 46.4 Å². The second kappa shape index (κ2) is 10.9. The molecule has 2 rings (SSSR count). The molecule has 0 aliphatic carbocycles. The van der Waals surface area contributed by atoms with Crippen LogP contribution in [-0.2, 0) is 26.2 Å². The molecule has 0 fully saturated rings. The number of benzene rings is 2. The second-order valence-electron chi connectivity index (χ2n) is 6.89. The SMILES string of the molecule is CNC(=O)[C@H](C)N(Cc1ccc(Cl)cc1Cl)C(=O)CN(c1cccc(Cl)c1Cl)S(C)(=O)=O. The zero-order valence-electron chi connectivity index (χ0n) is 17.4. The van der Waals surface area contributed by atoms with Crippen molar-refractivity contribution in [2.45, 2.75) is 19.5 Å². The fourth-order valence-electron chi connectivity index (χ4n) is 2.90. The number of anilines is 1. The van der Waals surface area contributed by atoms with Gasteiger partial charge >= 0.3 is 0 Å². The molecular weight excluding hydrogens is 520 g/mol. The number of hydrogen-bond acceptors (Lipinski definition) is 4. The number of nitrogens with one attached hydrogen (secondary N) is 1. The fraction of sp³-hybridized carbons (Fsp3) is 0.300. The van der Waals surface area contributed by atoms with Crippen molar-refractivity contribution in [3.63, 3.8) is 0 Å². The number of amides is 2. The van der Waals surface area contributed by atoms with Crippen LogP contribution in [0, 0.1) is 0 Å². The first-order chi connectivity index (χ1) is 14.9. The Bertz CT molecular complexity index is 1130. The Hall–Kier alpha value is -1.71. The molecule has 0 unspecified atom stereocenters. The lowest BCUT2D eigenvalue weighted by molar-refractivity contribution is -0.139. The lowest BCUT2D eigenvalue weighted by Crippen LogP contribution is -2.50. The summed E-state index contributed by atoms with van der Waals surface area (Å²) in [6.45, 7) is 0.868. The van der Waals surface area contributed by atoms with Crippen LogP contribution >= 0.6 is 46.4 Å². The molecule has 1 atom stereocenters. The molecule has 0 aliphatic rings. The van der Waals surface area contributed by atoms with Crippen molar-refractivity contribution in [2.75, 3.05) is 24.2 Å². The molecule has 0 saturated heterocycles. The number of hydrogen-bond donors (Lipinski definition) is 1. The zero-order valence-corrected chi connectivity index (χ0v) is 21.2. The number of rotatable bonds is 8. The van der Waals surface area contributed by atoms with Crippen molar-refractivity contribution >= 4 is 73.9 Å². The predicted octanol–water partition coefficient (Wildman–Crippen LogP) is 4.23. The van der Waals surface area contributed by atoms with Crippen LogP contribution in [0.25, 0.3) is 0 Å². The van der Waals surface area contributed by atoms with Crippen molar-refractivity contribution in [1.29, 1.82) is 0 Å². The van der Waals surface area contributed by atoms with E-state index in [2.05, 4.69) is 5.32 Å². The Morgan fingerprint density at radius 1 is 1.06 bits per heavy atom. The average molecular weight is 541 g/mol. The van der Waals surface area contributed by atoms with E-state index in [1.54, 1.807) is 12.1 Å². The molecule has 2 aromatic carbocycles. The topological polar surface area (TPSA) is 86.8 Å². The molecule has 0 aliphatic heterocycles. The Morgan fingerprint density at radius 2 is 1.72 bits per heavy atom. The third-order valence-electron chi connectivity index (χ3n) is 4.65. The van der Waals surface area contributed by atoms with Gasteiger partial charge < -0.3 is 10.2 Å². The molecule has 7 nitrogen and oxygen atoms in total. The number of carbonyl (C=O) groups is 2. The van der Waals surface area contributed by atoms with Crippen molar-refractivity contribution < 1.29 is 18.0 Å². The van der Waals surface area contributed by atoms with Crippen molar-refractivity contribution in [3.8, 4) is 0 Å². The third kappa shape index (κ3) is 6.42. The Balaban J connectivity index is 2.46. The Kier molecular flexibility index (Phi) is 9.07. The van der Waals surface area contributed by atoms with Crippen LogP contribution in [0.4, 0.5) is 5.69 Å². The van der Waals surface area contributed by atoms with Gasteiger partial charge in [0, 0.05) is 23.6 Å². The van der Waals surface area contributed by atoms with Gasteiger partial charge in [0.15, 0.2) is 0 Å². The lowest BCUT2D eigenvalue weighted by Gasteiger charge is -2.31.